The zero-order valence-electron chi connectivity index (χ0n) is 13.2. The molecule has 1 heterocycles. The van der Waals surface area contributed by atoms with Crippen molar-refractivity contribution in [1.29, 1.82) is 0 Å². The summed E-state index contributed by atoms with van der Waals surface area (Å²) in [5.41, 5.74) is 1.26. The molecule has 3 heteroatoms. The number of nitrogens with one attached hydrogen (secondary N) is 1. The molecular weight excluding hydrogens is 248 g/mol. The van der Waals surface area contributed by atoms with Crippen LogP contribution in [-0.2, 0) is 0 Å². The number of hydrogen-bond donors (Lipinski definition) is 1. The number of hydrogen-bond acceptors (Lipinski definition) is 3. The summed E-state index contributed by atoms with van der Waals surface area (Å²) >= 11 is 0. The molecule has 0 amide bonds. The van der Waals surface area contributed by atoms with Gasteiger partial charge < -0.3 is 10.1 Å². The minimum absolute atomic E-state index is 0.382. The van der Waals surface area contributed by atoms with Crippen molar-refractivity contribution in [1.82, 2.24) is 10.3 Å². The average molecular weight is 276 g/mol. The Hall–Kier alpha value is -1.09. The van der Waals surface area contributed by atoms with Crippen LogP contribution in [0.1, 0.15) is 51.6 Å². The first-order valence-corrected chi connectivity index (χ1v) is 7.88. The van der Waals surface area contributed by atoms with E-state index in [1.165, 1.54) is 24.8 Å². The van der Waals surface area contributed by atoms with Gasteiger partial charge in [-0.1, -0.05) is 27.2 Å². The first-order valence-electron chi connectivity index (χ1n) is 7.88. The van der Waals surface area contributed by atoms with Crippen molar-refractivity contribution >= 4 is 0 Å². The van der Waals surface area contributed by atoms with Crippen LogP contribution in [0, 0.1) is 17.8 Å². The lowest BCUT2D eigenvalue weighted by molar-refractivity contribution is 0.170. The summed E-state index contributed by atoms with van der Waals surface area (Å²) in [6, 6.07) is 2.49. The van der Waals surface area contributed by atoms with E-state index in [0.717, 1.165) is 24.1 Å². The van der Waals surface area contributed by atoms with Gasteiger partial charge in [0.2, 0.25) is 0 Å². The van der Waals surface area contributed by atoms with E-state index in [2.05, 4.69) is 37.1 Å². The maximum Gasteiger partial charge on any atom is 0.141 e. The molecule has 0 aliphatic heterocycles. The quantitative estimate of drug-likeness (QED) is 0.888. The van der Waals surface area contributed by atoms with Crippen LogP contribution in [0.5, 0.6) is 5.75 Å². The smallest absolute Gasteiger partial charge is 0.141 e. The van der Waals surface area contributed by atoms with Crippen molar-refractivity contribution in [2.45, 2.75) is 46.1 Å². The zero-order valence-corrected chi connectivity index (χ0v) is 13.2. The maximum atomic E-state index is 5.51. The Labute approximate surface area is 123 Å². The lowest BCUT2D eigenvalue weighted by Crippen LogP contribution is -2.33. The van der Waals surface area contributed by atoms with Crippen LogP contribution in [-0.4, -0.2) is 18.6 Å². The van der Waals surface area contributed by atoms with Gasteiger partial charge in [0.1, 0.15) is 5.75 Å². The maximum absolute atomic E-state index is 5.51. The number of nitrogens with zero attached hydrogens (tertiary/aromatic N) is 1. The highest BCUT2D eigenvalue weighted by molar-refractivity contribution is 5.33. The minimum atomic E-state index is 0.382. The second kappa shape index (κ2) is 7.07. The van der Waals surface area contributed by atoms with Crippen LogP contribution >= 0.6 is 0 Å². The van der Waals surface area contributed by atoms with Crippen molar-refractivity contribution < 1.29 is 4.74 Å². The fourth-order valence-corrected chi connectivity index (χ4v) is 3.46. The van der Waals surface area contributed by atoms with Gasteiger partial charge in [-0.25, -0.2) is 0 Å². The van der Waals surface area contributed by atoms with Gasteiger partial charge in [-0.15, -0.1) is 0 Å². The van der Waals surface area contributed by atoms with E-state index in [4.69, 9.17) is 4.74 Å². The molecule has 1 aliphatic rings. The summed E-state index contributed by atoms with van der Waals surface area (Å²) in [7, 11) is 1.73. The van der Waals surface area contributed by atoms with E-state index in [9.17, 15) is 0 Å². The Balaban J connectivity index is 2.22. The van der Waals surface area contributed by atoms with Gasteiger partial charge in [0.05, 0.1) is 13.3 Å². The fraction of sp³-hybridized carbons (Fsp3) is 0.706. The molecule has 1 saturated carbocycles. The van der Waals surface area contributed by atoms with E-state index in [1.54, 1.807) is 7.11 Å². The van der Waals surface area contributed by atoms with Gasteiger partial charge in [-0.2, -0.15) is 0 Å². The molecule has 112 valence electrons. The molecule has 0 spiro atoms. The van der Waals surface area contributed by atoms with E-state index < -0.39 is 0 Å². The van der Waals surface area contributed by atoms with Crippen LogP contribution in [0.15, 0.2) is 18.5 Å². The molecule has 20 heavy (non-hydrogen) atoms. The summed E-state index contributed by atoms with van der Waals surface area (Å²) < 4.78 is 5.51. The standard InChI is InChI=1S/C17H28N2O/c1-5-19-17(14-7-6-12(2)13(3)10-14)15-8-9-18-11-16(15)20-4/h8-9,11-14,17,19H,5-7,10H2,1-4H3. The lowest BCUT2D eigenvalue weighted by Gasteiger charge is -2.37. The normalized spacial score (nSPS) is 28.1. The molecule has 1 N–H and O–H groups in total. The van der Waals surface area contributed by atoms with Crippen molar-refractivity contribution in [2.75, 3.05) is 13.7 Å². The van der Waals surface area contributed by atoms with Crippen molar-refractivity contribution in [3.05, 3.63) is 24.0 Å². The van der Waals surface area contributed by atoms with Crippen LogP contribution in [0.25, 0.3) is 0 Å². The summed E-state index contributed by atoms with van der Waals surface area (Å²) in [6.07, 6.45) is 7.63. The number of rotatable bonds is 5. The van der Waals surface area contributed by atoms with Crippen LogP contribution in [0.3, 0.4) is 0 Å². The molecule has 0 saturated heterocycles. The number of aromatic nitrogens is 1. The first kappa shape index (κ1) is 15.3. The Morgan fingerprint density at radius 3 is 2.80 bits per heavy atom. The molecular formula is C17H28N2O. The second-order valence-electron chi connectivity index (χ2n) is 6.18. The molecule has 1 fully saturated rings. The molecule has 0 aromatic carbocycles. The van der Waals surface area contributed by atoms with E-state index in [1.807, 2.05) is 12.4 Å². The number of ether oxygens (including phenoxy) is 1. The van der Waals surface area contributed by atoms with Gasteiger partial charge in [-0.05, 0) is 43.2 Å². The lowest BCUT2D eigenvalue weighted by atomic mass is 9.72. The summed E-state index contributed by atoms with van der Waals surface area (Å²) in [5, 5.41) is 3.67. The van der Waals surface area contributed by atoms with Gasteiger partial charge >= 0.3 is 0 Å². The van der Waals surface area contributed by atoms with E-state index >= 15 is 0 Å². The minimum Gasteiger partial charge on any atom is -0.495 e. The van der Waals surface area contributed by atoms with E-state index in [0.29, 0.717) is 12.0 Å². The Morgan fingerprint density at radius 1 is 1.35 bits per heavy atom. The van der Waals surface area contributed by atoms with Crippen LogP contribution in [0.4, 0.5) is 0 Å². The fourth-order valence-electron chi connectivity index (χ4n) is 3.46. The molecule has 1 aromatic heterocycles. The predicted octanol–water partition coefficient (Wildman–Crippen LogP) is 3.81. The molecule has 4 unspecified atom stereocenters. The third kappa shape index (κ3) is 3.32. The van der Waals surface area contributed by atoms with Crippen molar-refractivity contribution in [2.24, 2.45) is 17.8 Å². The summed E-state index contributed by atoms with van der Waals surface area (Å²) in [6.45, 7) is 7.94. The first-order chi connectivity index (χ1) is 9.67. The highest BCUT2D eigenvalue weighted by Gasteiger charge is 2.31. The molecule has 3 nitrogen and oxygen atoms in total. The van der Waals surface area contributed by atoms with Gasteiger partial charge in [0.15, 0.2) is 0 Å². The summed E-state index contributed by atoms with van der Waals surface area (Å²) in [5.74, 6) is 3.26. The second-order valence-corrected chi connectivity index (χ2v) is 6.18. The van der Waals surface area contributed by atoms with Gasteiger partial charge in [0.25, 0.3) is 0 Å². The third-order valence-corrected chi connectivity index (χ3v) is 4.91. The molecule has 1 aliphatic carbocycles. The molecule has 0 radical (unpaired) electrons. The Morgan fingerprint density at radius 2 is 2.15 bits per heavy atom. The van der Waals surface area contributed by atoms with Crippen molar-refractivity contribution in [3.8, 4) is 5.75 Å². The zero-order chi connectivity index (χ0) is 14.5. The predicted molar refractivity (Wildman–Crippen MR) is 82.9 cm³/mol. The third-order valence-electron chi connectivity index (χ3n) is 4.91. The van der Waals surface area contributed by atoms with E-state index in [-0.39, 0.29) is 0 Å². The molecule has 2 rings (SSSR count). The van der Waals surface area contributed by atoms with Crippen LogP contribution < -0.4 is 10.1 Å². The highest BCUT2D eigenvalue weighted by Crippen LogP contribution is 2.41. The molecule has 4 atom stereocenters. The van der Waals surface area contributed by atoms with Crippen LogP contribution in [0.2, 0.25) is 0 Å². The Kier molecular flexibility index (Phi) is 5.41. The average Bonchev–Trinajstić information content (AvgIpc) is 2.48. The van der Waals surface area contributed by atoms with Gasteiger partial charge in [0, 0.05) is 17.8 Å². The molecule has 1 aromatic rings. The topological polar surface area (TPSA) is 34.2 Å². The number of methoxy groups -OCH3 is 1. The molecule has 0 bridgehead atoms. The number of pyridine rings is 1. The Bertz CT molecular complexity index is 421. The highest BCUT2D eigenvalue weighted by atomic mass is 16.5. The summed E-state index contributed by atoms with van der Waals surface area (Å²) in [4.78, 5) is 4.18. The monoisotopic (exact) mass is 276 g/mol. The largest absolute Gasteiger partial charge is 0.495 e. The SMILES string of the molecule is CCNC(c1ccncc1OC)C1CCC(C)C(C)C1. The van der Waals surface area contributed by atoms with Gasteiger partial charge in [-0.3, -0.25) is 4.98 Å². The van der Waals surface area contributed by atoms with Crippen molar-refractivity contribution in [3.63, 3.8) is 0 Å².